The van der Waals surface area contributed by atoms with Gasteiger partial charge in [-0.05, 0) is 31.7 Å². The van der Waals surface area contributed by atoms with Gasteiger partial charge in [-0.25, -0.2) is 0 Å². The van der Waals surface area contributed by atoms with Gasteiger partial charge in [0, 0.05) is 32.2 Å². The van der Waals surface area contributed by atoms with Crippen LogP contribution in [0.15, 0.2) is 18.2 Å². The van der Waals surface area contributed by atoms with Crippen molar-refractivity contribution in [3.8, 4) is 5.75 Å². The lowest BCUT2D eigenvalue weighted by Crippen LogP contribution is -2.52. The normalized spacial score (nSPS) is 20.7. The molecule has 1 aliphatic heterocycles. The molecule has 0 radical (unpaired) electrons. The van der Waals surface area contributed by atoms with Gasteiger partial charge in [0.05, 0.1) is 12.8 Å². The number of likely N-dealkylation sites (N-methyl/N-ethyl adjacent to an activating group) is 1. The highest BCUT2D eigenvalue weighted by molar-refractivity contribution is 5.58. The molecule has 0 saturated carbocycles. The first-order valence-corrected chi connectivity index (χ1v) is 6.50. The number of nitrogens with zero attached hydrogens (tertiary/aromatic N) is 1. The van der Waals surface area contributed by atoms with Crippen molar-refractivity contribution in [2.75, 3.05) is 45.7 Å². The summed E-state index contributed by atoms with van der Waals surface area (Å²) < 4.78 is 5.38. The third-order valence-electron chi connectivity index (χ3n) is 3.53. The first-order chi connectivity index (χ1) is 8.70. The zero-order valence-corrected chi connectivity index (χ0v) is 11.5. The van der Waals surface area contributed by atoms with Crippen molar-refractivity contribution in [2.24, 2.45) is 0 Å². The minimum atomic E-state index is 0.531. The largest absolute Gasteiger partial charge is 0.495 e. The van der Waals surface area contributed by atoms with Crippen molar-refractivity contribution in [3.63, 3.8) is 0 Å². The van der Waals surface area contributed by atoms with Gasteiger partial charge in [0.15, 0.2) is 0 Å². The van der Waals surface area contributed by atoms with Crippen LogP contribution in [0.25, 0.3) is 0 Å². The number of aryl methyl sites for hydroxylation is 1. The molecule has 0 aromatic heterocycles. The summed E-state index contributed by atoms with van der Waals surface area (Å²) in [7, 11) is 3.89. The summed E-state index contributed by atoms with van der Waals surface area (Å²) in [6.45, 7) is 6.26. The molecule has 1 aliphatic rings. The summed E-state index contributed by atoms with van der Waals surface area (Å²) in [4.78, 5) is 2.39. The summed E-state index contributed by atoms with van der Waals surface area (Å²) in [6.07, 6.45) is 0. The fourth-order valence-corrected chi connectivity index (χ4v) is 2.28. The van der Waals surface area contributed by atoms with E-state index in [-0.39, 0.29) is 0 Å². The second kappa shape index (κ2) is 6.07. The molecule has 1 fully saturated rings. The average Bonchev–Trinajstić information content (AvgIpc) is 2.38. The molecule has 4 nitrogen and oxygen atoms in total. The van der Waals surface area contributed by atoms with E-state index in [9.17, 15) is 0 Å². The fraction of sp³-hybridized carbons (Fsp3) is 0.571. The van der Waals surface area contributed by atoms with Gasteiger partial charge in [0.25, 0.3) is 0 Å². The molecular formula is C14H23N3O. The van der Waals surface area contributed by atoms with Crippen molar-refractivity contribution in [1.82, 2.24) is 10.2 Å². The summed E-state index contributed by atoms with van der Waals surface area (Å²) in [5.74, 6) is 0.909. The van der Waals surface area contributed by atoms with Crippen molar-refractivity contribution < 1.29 is 4.74 Å². The molecule has 100 valence electrons. The number of rotatable bonds is 4. The van der Waals surface area contributed by atoms with Gasteiger partial charge in [-0.15, -0.1) is 0 Å². The molecule has 1 heterocycles. The number of methoxy groups -OCH3 is 1. The molecule has 4 heteroatoms. The Morgan fingerprint density at radius 2 is 2.33 bits per heavy atom. The summed E-state index contributed by atoms with van der Waals surface area (Å²) >= 11 is 0. The van der Waals surface area contributed by atoms with Gasteiger partial charge < -0.3 is 15.4 Å². The lowest BCUT2D eigenvalue weighted by atomic mass is 10.1. The summed E-state index contributed by atoms with van der Waals surface area (Å²) in [5, 5.41) is 6.93. The third kappa shape index (κ3) is 3.15. The quantitative estimate of drug-likeness (QED) is 0.844. The number of benzene rings is 1. The highest BCUT2D eigenvalue weighted by Crippen LogP contribution is 2.25. The van der Waals surface area contributed by atoms with Crippen LogP contribution in [0.5, 0.6) is 5.75 Å². The molecule has 0 bridgehead atoms. The standard InChI is InChI=1S/C14H23N3O/c1-11-4-5-14(18-3)13(8-11)16-10-12-9-15-6-7-17(12)2/h4-5,8,12,15-16H,6-7,9-10H2,1-3H3. The minimum Gasteiger partial charge on any atom is -0.495 e. The number of piperazine rings is 1. The van der Waals surface area contributed by atoms with Crippen molar-refractivity contribution in [1.29, 1.82) is 0 Å². The monoisotopic (exact) mass is 249 g/mol. The van der Waals surface area contributed by atoms with E-state index >= 15 is 0 Å². The Balaban J connectivity index is 1.98. The smallest absolute Gasteiger partial charge is 0.141 e. The number of ether oxygens (including phenoxy) is 1. The van der Waals surface area contributed by atoms with Gasteiger partial charge >= 0.3 is 0 Å². The van der Waals surface area contributed by atoms with E-state index in [1.54, 1.807) is 7.11 Å². The molecular weight excluding hydrogens is 226 g/mol. The van der Waals surface area contributed by atoms with E-state index in [0.717, 1.165) is 37.6 Å². The summed E-state index contributed by atoms with van der Waals surface area (Å²) in [5.41, 5.74) is 2.32. The SMILES string of the molecule is COc1ccc(C)cc1NCC1CNCCN1C. The number of hydrogen-bond acceptors (Lipinski definition) is 4. The Hall–Kier alpha value is -1.26. The number of anilines is 1. The van der Waals surface area contributed by atoms with Crippen LogP contribution in [0.3, 0.4) is 0 Å². The Morgan fingerprint density at radius 3 is 3.06 bits per heavy atom. The molecule has 1 aromatic rings. The zero-order valence-electron chi connectivity index (χ0n) is 11.5. The minimum absolute atomic E-state index is 0.531. The van der Waals surface area contributed by atoms with Gasteiger partial charge in [-0.3, -0.25) is 4.90 Å². The van der Waals surface area contributed by atoms with Crippen molar-refractivity contribution in [2.45, 2.75) is 13.0 Å². The molecule has 2 N–H and O–H groups in total. The van der Waals surface area contributed by atoms with Gasteiger partial charge in [0.1, 0.15) is 5.75 Å². The Morgan fingerprint density at radius 1 is 1.50 bits per heavy atom. The zero-order chi connectivity index (χ0) is 13.0. The third-order valence-corrected chi connectivity index (χ3v) is 3.53. The van der Waals surface area contributed by atoms with Crippen LogP contribution in [0.2, 0.25) is 0 Å². The molecule has 2 rings (SSSR count). The highest BCUT2D eigenvalue weighted by Gasteiger charge is 2.18. The Kier molecular flexibility index (Phi) is 4.44. The molecule has 1 aromatic carbocycles. The fourth-order valence-electron chi connectivity index (χ4n) is 2.28. The van der Waals surface area contributed by atoms with Crippen LogP contribution >= 0.6 is 0 Å². The molecule has 18 heavy (non-hydrogen) atoms. The molecule has 0 amide bonds. The molecule has 1 atom stereocenters. The molecule has 0 spiro atoms. The Bertz CT molecular complexity index is 395. The van der Waals surface area contributed by atoms with Gasteiger partial charge in [-0.1, -0.05) is 6.07 Å². The molecule has 0 aliphatic carbocycles. The first kappa shape index (κ1) is 13.2. The predicted molar refractivity (Wildman–Crippen MR) is 75.5 cm³/mol. The maximum atomic E-state index is 5.38. The summed E-state index contributed by atoms with van der Waals surface area (Å²) in [6, 6.07) is 6.75. The second-order valence-electron chi connectivity index (χ2n) is 4.92. The highest BCUT2D eigenvalue weighted by atomic mass is 16.5. The van der Waals surface area contributed by atoms with E-state index in [1.165, 1.54) is 5.56 Å². The van der Waals surface area contributed by atoms with Crippen LogP contribution in [0.1, 0.15) is 5.56 Å². The van der Waals surface area contributed by atoms with Crippen LogP contribution in [-0.2, 0) is 0 Å². The lowest BCUT2D eigenvalue weighted by molar-refractivity contribution is 0.209. The second-order valence-corrected chi connectivity index (χ2v) is 4.92. The number of nitrogens with one attached hydrogen (secondary N) is 2. The first-order valence-electron chi connectivity index (χ1n) is 6.50. The average molecular weight is 249 g/mol. The maximum absolute atomic E-state index is 5.38. The van der Waals surface area contributed by atoms with Crippen LogP contribution in [-0.4, -0.2) is 51.3 Å². The van der Waals surface area contributed by atoms with E-state index in [2.05, 4.69) is 41.6 Å². The topological polar surface area (TPSA) is 36.5 Å². The Labute approximate surface area is 109 Å². The predicted octanol–water partition coefficient (Wildman–Crippen LogP) is 1.32. The van der Waals surface area contributed by atoms with E-state index < -0.39 is 0 Å². The van der Waals surface area contributed by atoms with E-state index in [1.807, 2.05) is 6.07 Å². The molecule has 1 unspecified atom stereocenters. The van der Waals surface area contributed by atoms with Gasteiger partial charge in [-0.2, -0.15) is 0 Å². The van der Waals surface area contributed by atoms with E-state index in [0.29, 0.717) is 6.04 Å². The van der Waals surface area contributed by atoms with Crippen LogP contribution in [0, 0.1) is 6.92 Å². The molecule has 1 saturated heterocycles. The van der Waals surface area contributed by atoms with Crippen molar-refractivity contribution >= 4 is 5.69 Å². The maximum Gasteiger partial charge on any atom is 0.141 e. The number of hydrogen-bond donors (Lipinski definition) is 2. The van der Waals surface area contributed by atoms with Crippen LogP contribution in [0.4, 0.5) is 5.69 Å². The van der Waals surface area contributed by atoms with E-state index in [4.69, 9.17) is 4.74 Å². The van der Waals surface area contributed by atoms with Gasteiger partial charge in [0.2, 0.25) is 0 Å². The lowest BCUT2D eigenvalue weighted by Gasteiger charge is -2.33. The van der Waals surface area contributed by atoms with Crippen LogP contribution < -0.4 is 15.4 Å². The van der Waals surface area contributed by atoms with Crippen molar-refractivity contribution in [3.05, 3.63) is 23.8 Å².